The summed E-state index contributed by atoms with van der Waals surface area (Å²) >= 11 is 8.10. The number of nitrogens with one attached hydrogen (secondary N) is 1. The van der Waals surface area contributed by atoms with Crippen LogP contribution in [-0.2, 0) is 0 Å². The molecule has 1 unspecified atom stereocenters. The van der Waals surface area contributed by atoms with Crippen LogP contribution < -0.4 is 5.32 Å². The van der Waals surface area contributed by atoms with Crippen LogP contribution >= 0.6 is 23.4 Å². The van der Waals surface area contributed by atoms with Gasteiger partial charge in [0.15, 0.2) is 0 Å². The van der Waals surface area contributed by atoms with Crippen LogP contribution in [0.1, 0.15) is 37.3 Å². The zero-order chi connectivity index (χ0) is 13.8. The van der Waals surface area contributed by atoms with Crippen molar-refractivity contribution in [3.63, 3.8) is 0 Å². The minimum atomic E-state index is 0.489. The Morgan fingerprint density at radius 3 is 3.00 bits per heavy atom. The van der Waals surface area contributed by atoms with Crippen LogP contribution in [0.5, 0.6) is 0 Å². The zero-order valence-corrected chi connectivity index (χ0v) is 13.5. The maximum absolute atomic E-state index is 6.15. The molecule has 1 aromatic rings. The number of rotatable bonds is 5. The third-order valence-corrected chi connectivity index (χ3v) is 5.61. The molecular formula is C16H23ClN2S. The fraction of sp³-hybridized carbons (Fsp3) is 0.625. The van der Waals surface area contributed by atoms with Crippen LogP contribution in [0.15, 0.2) is 23.1 Å². The average molecular weight is 311 g/mol. The Hall–Kier alpha value is -0.220. The largest absolute Gasteiger partial charge is 0.310 e. The quantitative estimate of drug-likeness (QED) is 0.829. The molecule has 3 rings (SSSR count). The first-order valence-electron chi connectivity index (χ1n) is 7.71. The van der Waals surface area contributed by atoms with Crippen LogP contribution in [0.25, 0.3) is 0 Å². The van der Waals surface area contributed by atoms with Crippen molar-refractivity contribution >= 4 is 23.4 Å². The van der Waals surface area contributed by atoms with Gasteiger partial charge >= 0.3 is 0 Å². The lowest BCUT2D eigenvalue weighted by atomic mass is 10.0. The highest BCUT2D eigenvalue weighted by Crippen LogP contribution is 2.37. The lowest BCUT2D eigenvalue weighted by molar-refractivity contribution is 0.326. The molecule has 2 nitrogen and oxygen atoms in total. The molecule has 0 aliphatic carbocycles. The second-order valence-corrected chi connectivity index (χ2v) is 7.30. The zero-order valence-electron chi connectivity index (χ0n) is 11.9. The second kappa shape index (κ2) is 7.17. The van der Waals surface area contributed by atoms with Crippen LogP contribution in [0.2, 0.25) is 5.02 Å². The molecule has 20 heavy (non-hydrogen) atoms. The van der Waals surface area contributed by atoms with Crippen molar-refractivity contribution in [1.29, 1.82) is 0 Å². The van der Waals surface area contributed by atoms with Gasteiger partial charge in [0, 0.05) is 16.0 Å². The number of hydrogen-bond acceptors (Lipinski definition) is 3. The molecule has 1 fully saturated rings. The highest BCUT2D eigenvalue weighted by molar-refractivity contribution is 7.99. The number of halogens is 1. The van der Waals surface area contributed by atoms with Gasteiger partial charge in [0.05, 0.1) is 0 Å². The molecule has 0 aromatic heterocycles. The molecule has 1 N–H and O–H groups in total. The van der Waals surface area contributed by atoms with E-state index in [1.54, 1.807) is 0 Å². The number of likely N-dealkylation sites (tertiary alicyclic amines) is 1. The maximum Gasteiger partial charge on any atom is 0.0410 e. The lowest BCUT2D eigenvalue weighted by Crippen LogP contribution is -2.29. The van der Waals surface area contributed by atoms with Crippen molar-refractivity contribution < 1.29 is 0 Å². The first-order chi connectivity index (χ1) is 9.83. The van der Waals surface area contributed by atoms with Gasteiger partial charge in [-0.1, -0.05) is 11.6 Å². The number of benzene rings is 1. The Morgan fingerprint density at radius 2 is 2.15 bits per heavy atom. The molecule has 4 heteroatoms. The topological polar surface area (TPSA) is 15.3 Å². The van der Waals surface area contributed by atoms with Crippen molar-refractivity contribution in [3.8, 4) is 0 Å². The van der Waals surface area contributed by atoms with Gasteiger partial charge in [-0.3, -0.25) is 0 Å². The van der Waals surface area contributed by atoms with Gasteiger partial charge in [0.25, 0.3) is 0 Å². The van der Waals surface area contributed by atoms with E-state index in [0.29, 0.717) is 6.04 Å². The summed E-state index contributed by atoms with van der Waals surface area (Å²) in [5, 5.41) is 4.59. The summed E-state index contributed by atoms with van der Waals surface area (Å²) in [5.74, 6) is 1.21. The van der Waals surface area contributed by atoms with Gasteiger partial charge in [-0.25, -0.2) is 0 Å². The average Bonchev–Trinajstić information content (AvgIpc) is 2.97. The van der Waals surface area contributed by atoms with Gasteiger partial charge in [0.1, 0.15) is 0 Å². The van der Waals surface area contributed by atoms with E-state index in [4.69, 9.17) is 11.6 Å². The summed E-state index contributed by atoms with van der Waals surface area (Å²) in [7, 11) is 0. The second-order valence-electron chi connectivity index (χ2n) is 5.73. The van der Waals surface area contributed by atoms with Gasteiger partial charge < -0.3 is 10.2 Å². The van der Waals surface area contributed by atoms with Crippen molar-refractivity contribution in [2.24, 2.45) is 0 Å². The van der Waals surface area contributed by atoms with E-state index in [-0.39, 0.29) is 0 Å². The summed E-state index contributed by atoms with van der Waals surface area (Å²) in [5.41, 5.74) is 1.40. The Labute approximate surface area is 131 Å². The van der Waals surface area contributed by atoms with E-state index in [1.807, 2.05) is 17.8 Å². The summed E-state index contributed by atoms with van der Waals surface area (Å²) < 4.78 is 0. The molecule has 1 saturated heterocycles. The number of thioether (sulfide) groups is 1. The Bertz CT molecular complexity index is 446. The van der Waals surface area contributed by atoms with E-state index >= 15 is 0 Å². The minimum absolute atomic E-state index is 0.489. The smallest absolute Gasteiger partial charge is 0.0410 e. The molecule has 2 aliphatic rings. The van der Waals surface area contributed by atoms with Crippen molar-refractivity contribution in [3.05, 3.63) is 28.8 Å². The van der Waals surface area contributed by atoms with E-state index in [9.17, 15) is 0 Å². The molecule has 0 spiro atoms. The first-order valence-corrected chi connectivity index (χ1v) is 9.07. The fourth-order valence-corrected chi connectivity index (χ4v) is 4.45. The highest BCUT2D eigenvalue weighted by atomic mass is 35.5. The SMILES string of the molecule is Clc1ccc2c(c1)C(NCCCN1CCCC1)CCS2. The summed E-state index contributed by atoms with van der Waals surface area (Å²) in [6.07, 6.45) is 5.24. The molecule has 2 heterocycles. The Balaban J connectivity index is 1.49. The lowest BCUT2D eigenvalue weighted by Gasteiger charge is -2.26. The van der Waals surface area contributed by atoms with Crippen molar-refractivity contribution in [2.45, 2.75) is 36.6 Å². The fourth-order valence-electron chi connectivity index (χ4n) is 3.16. The van der Waals surface area contributed by atoms with Crippen LogP contribution in [-0.4, -0.2) is 36.8 Å². The number of hydrogen-bond donors (Lipinski definition) is 1. The van der Waals surface area contributed by atoms with Crippen molar-refractivity contribution in [2.75, 3.05) is 31.9 Å². The summed E-state index contributed by atoms with van der Waals surface area (Å²) in [4.78, 5) is 3.99. The summed E-state index contributed by atoms with van der Waals surface area (Å²) in [6, 6.07) is 6.80. The molecule has 0 saturated carbocycles. The molecular weight excluding hydrogens is 288 g/mol. The van der Waals surface area contributed by atoms with E-state index in [2.05, 4.69) is 22.3 Å². The van der Waals surface area contributed by atoms with E-state index in [1.165, 1.54) is 61.5 Å². The normalized spacial score (nSPS) is 22.9. The van der Waals surface area contributed by atoms with Crippen LogP contribution in [0.4, 0.5) is 0 Å². The van der Waals surface area contributed by atoms with E-state index < -0.39 is 0 Å². The predicted octanol–water partition coefficient (Wildman–Crippen LogP) is 3.95. The maximum atomic E-state index is 6.15. The predicted molar refractivity (Wildman–Crippen MR) is 87.8 cm³/mol. The third kappa shape index (κ3) is 3.70. The first kappa shape index (κ1) is 14.7. The van der Waals surface area contributed by atoms with Gasteiger partial charge in [-0.2, -0.15) is 0 Å². The van der Waals surface area contributed by atoms with Crippen LogP contribution in [0.3, 0.4) is 0 Å². The van der Waals surface area contributed by atoms with Gasteiger partial charge in [0.2, 0.25) is 0 Å². The van der Waals surface area contributed by atoms with E-state index in [0.717, 1.165) is 11.6 Å². The molecule has 1 atom stereocenters. The molecule has 0 bridgehead atoms. The van der Waals surface area contributed by atoms with Crippen LogP contribution in [0, 0.1) is 0 Å². The Kier molecular flexibility index (Phi) is 5.27. The molecule has 2 aliphatic heterocycles. The Morgan fingerprint density at radius 1 is 1.30 bits per heavy atom. The molecule has 110 valence electrons. The summed E-state index contributed by atoms with van der Waals surface area (Å²) in [6.45, 7) is 4.96. The number of fused-ring (bicyclic) bond motifs is 1. The van der Waals surface area contributed by atoms with Gasteiger partial charge in [-0.15, -0.1) is 11.8 Å². The minimum Gasteiger partial charge on any atom is -0.310 e. The highest BCUT2D eigenvalue weighted by Gasteiger charge is 2.20. The third-order valence-electron chi connectivity index (χ3n) is 4.25. The number of nitrogens with zero attached hydrogens (tertiary/aromatic N) is 1. The molecule has 0 amide bonds. The van der Waals surface area contributed by atoms with Gasteiger partial charge in [-0.05, 0) is 81.4 Å². The molecule has 0 radical (unpaired) electrons. The standard InChI is InChI=1S/C16H23ClN2S/c17-13-4-5-16-14(12-13)15(6-11-20-16)18-7-3-10-19-8-1-2-9-19/h4-5,12,15,18H,1-3,6-11H2. The monoisotopic (exact) mass is 310 g/mol. The van der Waals surface area contributed by atoms with Crippen molar-refractivity contribution in [1.82, 2.24) is 10.2 Å². The molecule has 1 aromatic carbocycles.